The third kappa shape index (κ3) is 2.31. The highest BCUT2D eigenvalue weighted by atomic mass is 16.7. The van der Waals surface area contributed by atoms with E-state index in [1.807, 2.05) is 6.92 Å². The van der Waals surface area contributed by atoms with Crippen molar-refractivity contribution in [3.8, 4) is 0 Å². The van der Waals surface area contributed by atoms with Gasteiger partial charge in [0.25, 0.3) is 0 Å². The summed E-state index contributed by atoms with van der Waals surface area (Å²) < 4.78 is 11.7. The minimum Gasteiger partial charge on any atom is -0.390 e. The number of aliphatic hydroxyl groups is 1. The summed E-state index contributed by atoms with van der Waals surface area (Å²) in [6.07, 6.45) is 6.62. The predicted octanol–water partition coefficient (Wildman–Crippen LogP) is 2.25. The van der Waals surface area contributed by atoms with Gasteiger partial charge >= 0.3 is 0 Å². The smallest absolute Gasteiger partial charge is 0.169 e. The molecule has 1 aliphatic carbocycles. The summed E-state index contributed by atoms with van der Waals surface area (Å²) in [5, 5.41) is 10.1. The normalized spacial score (nSPS) is 32.5. The van der Waals surface area contributed by atoms with Crippen LogP contribution >= 0.6 is 0 Å². The average Bonchev–Trinajstić information content (AvgIpc) is 2.72. The molecule has 3 heteroatoms. The first-order valence-electron chi connectivity index (χ1n) is 6.29. The molecule has 0 radical (unpaired) electrons. The molecule has 0 bridgehead atoms. The van der Waals surface area contributed by atoms with Crippen LogP contribution in [0.25, 0.3) is 0 Å². The molecule has 1 saturated carbocycles. The van der Waals surface area contributed by atoms with Crippen LogP contribution in [0.2, 0.25) is 0 Å². The molecule has 1 saturated heterocycles. The van der Waals surface area contributed by atoms with Crippen molar-refractivity contribution in [2.45, 2.75) is 57.0 Å². The fraction of sp³-hybridized carbons (Fsp3) is 0.846. The molecule has 3 nitrogen and oxygen atoms in total. The van der Waals surface area contributed by atoms with E-state index in [9.17, 15) is 5.11 Å². The van der Waals surface area contributed by atoms with Gasteiger partial charge in [0.2, 0.25) is 0 Å². The largest absolute Gasteiger partial charge is 0.390 e. The summed E-state index contributed by atoms with van der Waals surface area (Å²) in [5.41, 5.74) is 0. The first kappa shape index (κ1) is 12.1. The maximum Gasteiger partial charge on any atom is 0.169 e. The van der Waals surface area contributed by atoms with Crippen molar-refractivity contribution in [2.75, 3.05) is 6.61 Å². The third-order valence-corrected chi connectivity index (χ3v) is 3.78. The van der Waals surface area contributed by atoms with Gasteiger partial charge in [0.1, 0.15) is 6.10 Å². The highest BCUT2D eigenvalue weighted by Gasteiger charge is 2.44. The minimum atomic E-state index is -0.501. The van der Waals surface area contributed by atoms with E-state index in [-0.39, 0.29) is 17.8 Å². The number of hydrogen-bond donors (Lipinski definition) is 1. The van der Waals surface area contributed by atoms with Gasteiger partial charge in [0.05, 0.1) is 12.7 Å². The van der Waals surface area contributed by atoms with Crippen LogP contribution in [-0.4, -0.2) is 29.7 Å². The highest BCUT2D eigenvalue weighted by molar-refractivity contribution is 4.91. The first-order chi connectivity index (χ1) is 7.67. The molecule has 2 aliphatic rings. The lowest BCUT2D eigenvalue weighted by Gasteiger charge is -2.32. The Balaban J connectivity index is 1.93. The molecule has 1 aliphatic heterocycles. The zero-order valence-corrected chi connectivity index (χ0v) is 10.0. The monoisotopic (exact) mass is 226 g/mol. The third-order valence-electron chi connectivity index (χ3n) is 3.78. The molecule has 16 heavy (non-hydrogen) atoms. The Morgan fingerprint density at radius 2 is 2.06 bits per heavy atom. The standard InChI is InChI=1S/C13H22O3/c1-3-10(2)12(14)11-9-15-13(16-11)7-5-4-6-8-13/h3,10-12,14H,1,4-9H2,2H3/t10-,11-,12-/m1/s1. The predicted molar refractivity (Wildman–Crippen MR) is 62.0 cm³/mol. The molecule has 3 atom stereocenters. The van der Waals surface area contributed by atoms with Crippen LogP contribution < -0.4 is 0 Å². The van der Waals surface area contributed by atoms with Gasteiger partial charge in [0.15, 0.2) is 5.79 Å². The second-order valence-corrected chi connectivity index (χ2v) is 5.02. The maximum absolute atomic E-state index is 10.1. The van der Waals surface area contributed by atoms with Crippen LogP contribution in [0, 0.1) is 5.92 Å². The number of rotatable bonds is 3. The number of ether oxygens (including phenoxy) is 2. The Hall–Kier alpha value is -0.380. The number of aliphatic hydroxyl groups excluding tert-OH is 1. The molecule has 0 unspecified atom stereocenters. The zero-order chi connectivity index (χ0) is 11.6. The topological polar surface area (TPSA) is 38.7 Å². The van der Waals surface area contributed by atoms with Gasteiger partial charge in [-0.3, -0.25) is 0 Å². The van der Waals surface area contributed by atoms with Crippen molar-refractivity contribution in [2.24, 2.45) is 5.92 Å². The fourth-order valence-electron chi connectivity index (χ4n) is 2.58. The summed E-state index contributed by atoms with van der Waals surface area (Å²) in [4.78, 5) is 0. The van der Waals surface area contributed by atoms with Gasteiger partial charge < -0.3 is 14.6 Å². The van der Waals surface area contributed by atoms with Gasteiger partial charge in [-0.2, -0.15) is 0 Å². The van der Waals surface area contributed by atoms with E-state index in [1.165, 1.54) is 19.3 Å². The second kappa shape index (κ2) is 4.86. The molecule has 0 aromatic rings. The Labute approximate surface area is 97.4 Å². The van der Waals surface area contributed by atoms with E-state index < -0.39 is 6.10 Å². The van der Waals surface area contributed by atoms with Crippen LogP contribution in [0.4, 0.5) is 0 Å². The molecule has 0 amide bonds. The lowest BCUT2D eigenvalue weighted by molar-refractivity contribution is -0.197. The summed E-state index contributed by atoms with van der Waals surface area (Å²) in [5.74, 6) is -0.336. The molecule has 1 heterocycles. The number of hydrogen-bond acceptors (Lipinski definition) is 3. The molecular weight excluding hydrogens is 204 g/mol. The van der Waals surface area contributed by atoms with Crippen LogP contribution in [0.15, 0.2) is 12.7 Å². The Bertz CT molecular complexity index is 246. The van der Waals surface area contributed by atoms with E-state index in [4.69, 9.17) is 9.47 Å². The molecule has 2 fully saturated rings. The van der Waals surface area contributed by atoms with Gasteiger partial charge in [-0.1, -0.05) is 19.4 Å². The molecule has 1 spiro atoms. The Kier molecular flexibility index (Phi) is 3.67. The second-order valence-electron chi connectivity index (χ2n) is 5.02. The van der Waals surface area contributed by atoms with E-state index >= 15 is 0 Å². The van der Waals surface area contributed by atoms with Crippen LogP contribution in [0.1, 0.15) is 39.0 Å². The van der Waals surface area contributed by atoms with Crippen molar-refractivity contribution < 1.29 is 14.6 Å². The molecule has 0 aromatic heterocycles. The van der Waals surface area contributed by atoms with Crippen LogP contribution in [0.5, 0.6) is 0 Å². The first-order valence-corrected chi connectivity index (χ1v) is 6.29. The average molecular weight is 226 g/mol. The molecular formula is C13H22O3. The zero-order valence-electron chi connectivity index (χ0n) is 10.0. The SMILES string of the molecule is C=C[C@@H](C)[C@@H](O)[C@H]1COC2(CCCCC2)O1. The van der Waals surface area contributed by atoms with Gasteiger partial charge in [0, 0.05) is 18.8 Å². The van der Waals surface area contributed by atoms with E-state index in [0.717, 1.165) is 12.8 Å². The Morgan fingerprint density at radius 1 is 1.38 bits per heavy atom. The quantitative estimate of drug-likeness (QED) is 0.750. The van der Waals surface area contributed by atoms with Crippen molar-refractivity contribution >= 4 is 0 Å². The molecule has 0 aromatic carbocycles. The fourth-order valence-corrected chi connectivity index (χ4v) is 2.58. The van der Waals surface area contributed by atoms with Gasteiger partial charge in [-0.25, -0.2) is 0 Å². The van der Waals surface area contributed by atoms with Gasteiger partial charge in [-0.15, -0.1) is 6.58 Å². The Morgan fingerprint density at radius 3 is 2.69 bits per heavy atom. The van der Waals surface area contributed by atoms with Crippen LogP contribution in [0.3, 0.4) is 0 Å². The lowest BCUT2D eigenvalue weighted by atomic mass is 9.94. The summed E-state index contributed by atoms with van der Waals surface area (Å²) in [6.45, 7) is 6.17. The maximum atomic E-state index is 10.1. The van der Waals surface area contributed by atoms with Crippen molar-refractivity contribution in [3.63, 3.8) is 0 Å². The van der Waals surface area contributed by atoms with Crippen LogP contribution in [-0.2, 0) is 9.47 Å². The molecule has 92 valence electrons. The minimum absolute atomic E-state index is 0.0485. The van der Waals surface area contributed by atoms with Crippen molar-refractivity contribution in [1.29, 1.82) is 0 Å². The summed E-state index contributed by atoms with van der Waals surface area (Å²) in [6, 6.07) is 0. The van der Waals surface area contributed by atoms with E-state index in [1.54, 1.807) is 6.08 Å². The summed E-state index contributed by atoms with van der Waals surface area (Å²) >= 11 is 0. The summed E-state index contributed by atoms with van der Waals surface area (Å²) in [7, 11) is 0. The van der Waals surface area contributed by atoms with Crippen molar-refractivity contribution in [3.05, 3.63) is 12.7 Å². The lowest BCUT2D eigenvalue weighted by Crippen LogP contribution is -2.37. The molecule has 1 N–H and O–H groups in total. The van der Waals surface area contributed by atoms with E-state index in [2.05, 4.69) is 6.58 Å². The molecule has 2 rings (SSSR count). The van der Waals surface area contributed by atoms with E-state index in [0.29, 0.717) is 6.61 Å². The van der Waals surface area contributed by atoms with Crippen molar-refractivity contribution in [1.82, 2.24) is 0 Å². The highest BCUT2D eigenvalue weighted by Crippen LogP contribution is 2.39. The van der Waals surface area contributed by atoms with Gasteiger partial charge in [-0.05, 0) is 12.8 Å².